The van der Waals surface area contributed by atoms with Crippen LogP contribution in [0.4, 0.5) is 0 Å². The van der Waals surface area contributed by atoms with E-state index in [1.807, 2.05) is 55.5 Å². The van der Waals surface area contributed by atoms with Crippen LogP contribution in [0.5, 0.6) is 0 Å². The molecule has 0 saturated heterocycles. The minimum absolute atomic E-state index is 0.0569. The molecule has 0 saturated carbocycles. The molecule has 1 atom stereocenters. The van der Waals surface area contributed by atoms with Gasteiger partial charge in [-0.05, 0) is 54.7 Å². The number of amides is 1. The van der Waals surface area contributed by atoms with Crippen molar-refractivity contribution in [2.24, 2.45) is 0 Å². The third kappa shape index (κ3) is 5.95. The van der Waals surface area contributed by atoms with Crippen LogP contribution in [-0.2, 0) is 34.7 Å². The molecule has 1 heterocycles. The molecule has 1 aromatic heterocycles. The number of carbonyl (C=O) groups is 1. The molecule has 3 aromatic rings. The van der Waals surface area contributed by atoms with Crippen LogP contribution in [0.2, 0.25) is 0 Å². The SMILES string of the molecule is CCc1ccc(-c2nc(C[S+]([O-])CC(=O)NCc3ccc(C)cc3)c(C)o2)cc1. The number of benzene rings is 2. The second-order valence-electron chi connectivity index (χ2n) is 7.06. The van der Waals surface area contributed by atoms with Gasteiger partial charge >= 0.3 is 0 Å². The number of aryl methyl sites for hydroxylation is 3. The summed E-state index contributed by atoms with van der Waals surface area (Å²) in [6, 6.07) is 16.0. The summed E-state index contributed by atoms with van der Waals surface area (Å²) >= 11 is -1.36. The summed E-state index contributed by atoms with van der Waals surface area (Å²) < 4.78 is 18.2. The first kappa shape index (κ1) is 21.1. The lowest BCUT2D eigenvalue weighted by Gasteiger charge is -2.10. The van der Waals surface area contributed by atoms with Crippen LogP contribution < -0.4 is 5.32 Å². The first-order valence-electron chi connectivity index (χ1n) is 9.67. The van der Waals surface area contributed by atoms with Gasteiger partial charge in [0.25, 0.3) is 5.91 Å². The standard InChI is InChI=1S/C23H26N2O3S/c1-4-18-9-11-20(12-10-18)23-25-21(17(3)28-23)14-29(27)15-22(26)24-13-19-7-5-16(2)6-8-19/h5-12H,4,13-15H2,1-3H3,(H,24,26). The summed E-state index contributed by atoms with van der Waals surface area (Å²) in [5.74, 6) is 1.05. The lowest BCUT2D eigenvalue weighted by atomic mass is 10.1. The highest BCUT2D eigenvalue weighted by Crippen LogP contribution is 2.23. The Morgan fingerprint density at radius 2 is 1.72 bits per heavy atom. The summed E-state index contributed by atoms with van der Waals surface area (Å²) in [5, 5.41) is 2.82. The Kier molecular flexibility index (Phi) is 7.12. The van der Waals surface area contributed by atoms with Gasteiger partial charge in [0.2, 0.25) is 5.89 Å². The summed E-state index contributed by atoms with van der Waals surface area (Å²) in [5.41, 5.74) is 4.95. The van der Waals surface area contributed by atoms with E-state index in [0.717, 1.165) is 17.5 Å². The molecule has 2 aromatic carbocycles. The van der Waals surface area contributed by atoms with Crippen LogP contribution in [0.25, 0.3) is 11.5 Å². The molecule has 152 valence electrons. The monoisotopic (exact) mass is 410 g/mol. The van der Waals surface area contributed by atoms with Crippen LogP contribution in [0.1, 0.15) is 35.1 Å². The first-order chi connectivity index (χ1) is 13.9. The fourth-order valence-corrected chi connectivity index (χ4v) is 3.95. The minimum atomic E-state index is -1.36. The lowest BCUT2D eigenvalue weighted by molar-refractivity contribution is -0.118. The van der Waals surface area contributed by atoms with E-state index in [4.69, 9.17) is 4.42 Å². The summed E-state index contributed by atoms with van der Waals surface area (Å²) in [7, 11) is 0. The number of nitrogens with one attached hydrogen (secondary N) is 1. The number of nitrogens with zero attached hydrogens (tertiary/aromatic N) is 1. The molecule has 3 rings (SSSR count). The van der Waals surface area contributed by atoms with Gasteiger partial charge in [0, 0.05) is 12.1 Å². The maximum Gasteiger partial charge on any atom is 0.270 e. The maximum atomic E-state index is 12.4. The van der Waals surface area contributed by atoms with Crippen molar-refractivity contribution < 1.29 is 13.8 Å². The molecule has 0 aliphatic heterocycles. The highest BCUT2D eigenvalue weighted by molar-refractivity contribution is 7.91. The Morgan fingerprint density at radius 1 is 1.07 bits per heavy atom. The van der Waals surface area contributed by atoms with Crippen molar-refractivity contribution in [2.75, 3.05) is 5.75 Å². The van der Waals surface area contributed by atoms with Crippen molar-refractivity contribution in [1.29, 1.82) is 0 Å². The molecular weight excluding hydrogens is 384 g/mol. The molecular formula is C23H26N2O3S. The second-order valence-corrected chi connectivity index (χ2v) is 8.52. The Balaban J connectivity index is 1.54. The normalized spacial score (nSPS) is 12.0. The Morgan fingerprint density at radius 3 is 2.38 bits per heavy atom. The second kappa shape index (κ2) is 9.76. The highest BCUT2D eigenvalue weighted by atomic mass is 32.2. The maximum absolute atomic E-state index is 12.4. The van der Waals surface area contributed by atoms with Gasteiger partial charge in [-0.15, -0.1) is 0 Å². The molecule has 0 aliphatic carbocycles. The average molecular weight is 411 g/mol. The highest BCUT2D eigenvalue weighted by Gasteiger charge is 2.20. The molecule has 0 aliphatic rings. The van der Waals surface area contributed by atoms with Crippen molar-refractivity contribution in [1.82, 2.24) is 10.3 Å². The topological polar surface area (TPSA) is 78.2 Å². The van der Waals surface area contributed by atoms with Crippen molar-refractivity contribution >= 4 is 17.1 Å². The number of carbonyl (C=O) groups excluding carboxylic acids is 1. The quantitative estimate of drug-likeness (QED) is 0.568. The molecule has 1 N–H and O–H groups in total. The Labute approximate surface area is 174 Å². The largest absolute Gasteiger partial charge is 0.616 e. The number of rotatable bonds is 8. The van der Waals surface area contributed by atoms with Gasteiger partial charge in [0.15, 0.2) is 11.5 Å². The van der Waals surface area contributed by atoms with E-state index >= 15 is 0 Å². The molecule has 5 nitrogen and oxygen atoms in total. The van der Waals surface area contributed by atoms with E-state index in [1.54, 1.807) is 6.92 Å². The number of oxazole rings is 1. The molecule has 0 fully saturated rings. The summed E-state index contributed by atoms with van der Waals surface area (Å²) in [4.78, 5) is 16.6. The molecule has 0 spiro atoms. The summed E-state index contributed by atoms with van der Waals surface area (Å²) in [6.45, 7) is 6.36. The van der Waals surface area contributed by atoms with E-state index in [1.165, 1.54) is 11.1 Å². The van der Waals surface area contributed by atoms with Crippen molar-refractivity contribution in [3.63, 3.8) is 0 Å². The van der Waals surface area contributed by atoms with Crippen LogP contribution in [-0.4, -0.2) is 21.2 Å². The Hall–Kier alpha value is -2.57. The molecule has 29 heavy (non-hydrogen) atoms. The zero-order chi connectivity index (χ0) is 20.8. The Bertz CT molecular complexity index is 949. The van der Waals surface area contributed by atoms with E-state index in [-0.39, 0.29) is 17.4 Å². The van der Waals surface area contributed by atoms with E-state index in [0.29, 0.717) is 23.9 Å². The van der Waals surface area contributed by atoms with Gasteiger partial charge in [-0.1, -0.05) is 48.9 Å². The molecule has 0 radical (unpaired) electrons. The summed E-state index contributed by atoms with van der Waals surface area (Å²) in [6.07, 6.45) is 0.973. The minimum Gasteiger partial charge on any atom is -0.616 e. The van der Waals surface area contributed by atoms with Crippen LogP contribution in [0, 0.1) is 13.8 Å². The molecule has 1 amide bonds. The molecule has 6 heteroatoms. The van der Waals surface area contributed by atoms with Gasteiger partial charge in [-0.2, -0.15) is 0 Å². The van der Waals surface area contributed by atoms with Gasteiger partial charge in [-0.25, -0.2) is 4.98 Å². The van der Waals surface area contributed by atoms with Crippen LogP contribution in [0.3, 0.4) is 0 Å². The fourth-order valence-electron chi connectivity index (χ4n) is 2.88. The number of aromatic nitrogens is 1. The molecule has 0 bridgehead atoms. The van der Waals surface area contributed by atoms with Crippen LogP contribution in [0.15, 0.2) is 52.9 Å². The number of hydrogen-bond donors (Lipinski definition) is 1. The smallest absolute Gasteiger partial charge is 0.270 e. The van der Waals surface area contributed by atoms with Crippen molar-refractivity contribution in [2.45, 2.75) is 39.5 Å². The third-order valence-corrected chi connectivity index (χ3v) is 5.88. The lowest BCUT2D eigenvalue weighted by Crippen LogP contribution is -2.30. The zero-order valence-electron chi connectivity index (χ0n) is 17.0. The van der Waals surface area contributed by atoms with Gasteiger partial charge < -0.3 is 14.3 Å². The zero-order valence-corrected chi connectivity index (χ0v) is 17.8. The predicted molar refractivity (Wildman–Crippen MR) is 116 cm³/mol. The van der Waals surface area contributed by atoms with Gasteiger partial charge in [0.05, 0.1) is 0 Å². The van der Waals surface area contributed by atoms with Crippen LogP contribution >= 0.6 is 0 Å². The van der Waals surface area contributed by atoms with E-state index in [9.17, 15) is 9.35 Å². The molecule has 1 unspecified atom stereocenters. The van der Waals surface area contributed by atoms with Gasteiger partial charge in [0.1, 0.15) is 11.5 Å². The first-order valence-corrected chi connectivity index (χ1v) is 11.2. The average Bonchev–Trinajstić information content (AvgIpc) is 3.07. The van der Waals surface area contributed by atoms with E-state index in [2.05, 4.69) is 17.2 Å². The fraction of sp³-hybridized carbons (Fsp3) is 0.304. The predicted octanol–water partition coefficient (Wildman–Crippen LogP) is 4.09. The van der Waals surface area contributed by atoms with E-state index < -0.39 is 11.2 Å². The van der Waals surface area contributed by atoms with Gasteiger partial charge in [-0.3, -0.25) is 4.79 Å². The third-order valence-electron chi connectivity index (χ3n) is 4.70. The van der Waals surface area contributed by atoms with Crippen molar-refractivity contribution in [3.8, 4) is 11.5 Å². The van der Waals surface area contributed by atoms with Crippen molar-refractivity contribution in [3.05, 3.63) is 76.7 Å². The number of hydrogen-bond acceptors (Lipinski definition) is 4.